The summed E-state index contributed by atoms with van der Waals surface area (Å²) in [5.41, 5.74) is 1.97. The molecule has 12 heteroatoms. The van der Waals surface area contributed by atoms with Crippen molar-refractivity contribution in [3.05, 3.63) is 187 Å². The van der Waals surface area contributed by atoms with E-state index in [0.29, 0.717) is 71.7 Å². The molecule has 0 spiro atoms. The van der Waals surface area contributed by atoms with Crippen LogP contribution in [-0.2, 0) is 0 Å². The molecule has 11 nitrogen and oxygen atoms in total. The molecule has 0 aliphatic heterocycles. The van der Waals surface area contributed by atoms with Gasteiger partial charge in [-0.2, -0.15) is 0 Å². The van der Waals surface area contributed by atoms with Gasteiger partial charge in [0.05, 0.1) is 27.4 Å². The summed E-state index contributed by atoms with van der Waals surface area (Å²) in [6.45, 7) is 11.2. The van der Waals surface area contributed by atoms with E-state index < -0.39 is 16.6 Å². The van der Waals surface area contributed by atoms with Crippen molar-refractivity contribution in [1.82, 2.24) is 14.7 Å². The zero-order valence-electron chi connectivity index (χ0n) is 41.6. The topological polar surface area (TPSA) is 142 Å². The van der Waals surface area contributed by atoms with Gasteiger partial charge in [0.1, 0.15) is 11.2 Å². The Morgan fingerprint density at radius 2 is 0.786 bits per heavy atom. The number of para-hydroxylation sites is 1. The monoisotopic (exact) mass is 955 g/mol. The Morgan fingerprint density at radius 3 is 1.34 bits per heavy atom. The average Bonchev–Trinajstić information content (AvgIpc) is 3.35. The molecule has 2 heterocycles. The Labute approximate surface area is 410 Å². The van der Waals surface area contributed by atoms with Gasteiger partial charge in [0.25, 0.3) is 0 Å². The number of ketones is 5. The molecule has 70 heavy (non-hydrogen) atoms. The zero-order chi connectivity index (χ0) is 51.2. The van der Waals surface area contributed by atoms with E-state index in [1.165, 1.54) is 0 Å². The molecule has 0 bridgehead atoms. The zero-order valence-corrected chi connectivity index (χ0v) is 42.5. The number of fused-ring (bicyclic) bond motifs is 6. The Bertz CT molecular complexity index is 3400. The van der Waals surface area contributed by atoms with Crippen molar-refractivity contribution in [2.45, 2.75) is 58.2 Å². The van der Waals surface area contributed by atoms with Crippen LogP contribution in [-0.4, -0.2) is 103 Å². The van der Waals surface area contributed by atoms with Crippen LogP contribution in [0.15, 0.2) is 141 Å². The number of hydrogen-bond acceptors (Lipinski definition) is 12. The van der Waals surface area contributed by atoms with Gasteiger partial charge in [0.15, 0.2) is 34.3 Å². The number of carbonyl (C=O) groups excluding carboxylic acids is 5. The summed E-state index contributed by atoms with van der Waals surface area (Å²) < 4.78 is 7.65. The Kier molecular flexibility index (Phi) is 14.0. The molecule has 1 aliphatic rings. The number of benzene rings is 6. The first-order chi connectivity index (χ1) is 32.9. The standard InChI is InChI=1S/C20H19NO3.C19H19NO3.C19H19NO2S/c1-20(2,21(3)4)19(24)12-9-10-15-16(11-12)18(23)14-8-6-5-7-13(14)17(15)22;2*1-19(2,20(3)4)18(22)12-9-10-16-14(11-12)17(21)13-7-5-6-8-15(13)23-16/h5-11H,1-4H3;2*5-11H,1-4H3. The van der Waals surface area contributed by atoms with Crippen LogP contribution in [0.2, 0.25) is 0 Å². The highest BCUT2D eigenvalue weighted by Crippen LogP contribution is 2.31. The maximum atomic E-state index is 12.8. The summed E-state index contributed by atoms with van der Waals surface area (Å²) in [6, 6.07) is 36.8. The first-order valence-electron chi connectivity index (χ1n) is 22.8. The van der Waals surface area contributed by atoms with Gasteiger partial charge in [-0.15, -0.1) is 11.3 Å². The molecule has 9 rings (SSSR count). The van der Waals surface area contributed by atoms with Gasteiger partial charge in [0, 0.05) is 59.1 Å². The quantitative estimate of drug-likeness (QED) is 0.101. The van der Waals surface area contributed by atoms with Crippen molar-refractivity contribution in [3.63, 3.8) is 0 Å². The first kappa shape index (κ1) is 50.8. The molecule has 6 aromatic carbocycles. The van der Waals surface area contributed by atoms with Gasteiger partial charge in [0.2, 0.25) is 5.43 Å². The van der Waals surface area contributed by atoms with Crippen molar-refractivity contribution in [3.8, 4) is 0 Å². The van der Waals surface area contributed by atoms with Crippen LogP contribution >= 0.6 is 11.3 Å². The van der Waals surface area contributed by atoms with Crippen molar-refractivity contribution in [2.75, 3.05) is 42.3 Å². The SMILES string of the molecule is CN(C)C(C)(C)C(=O)c1ccc2c(c1)C(=O)c1ccccc1C2=O.CN(C)C(C)(C)C(=O)c1ccc2oc3ccccc3c(=O)c2c1.CN(C)C(C)(C)C(=O)c1ccc2sc3ccccc3c(=O)c2c1. The predicted octanol–water partition coefficient (Wildman–Crippen LogP) is 10.4. The number of rotatable bonds is 9. The molecule has 0 fully saturated rings. The lowest BCUT2D eigenvalue weighted by Crippen LogP contribution is -2.45. The molecule has 0 saturated carbocycles. The number of likely N-dealkylation sites (N-methyl/N-ethyl adjacent to an activating group) is 3. The van der Waals surface area contributed by atoms with Gasteiger partial charge in [-0.25, -0.2) is 0 Å². The summed E-state index contributed by atoms with van der Waals surface area (Å²) in [7, 11) is 11.2. The van der Waals surface area contributed by atoms with Gasteiger partial charge in [-0.3, -0.25) is 48.3 Å². The molecule has 0 atom stereocenters. The van der Waals surface area contributed by atoms with Crippen molar-refractivity contribution in [2.24, 2.45) is 0 Å². The molecule has 0 radical (unpaired) electrons. The molecule has 0 unspecified atom stereocenters. The van der Waals surface area contributed by atoms with Crippen LogP contribution in [0.4, 0.5) is 0 Å². The summed E-state index contributed by atoms with van der Waals surface area (Å²) in [4.78, 5) is 94.6. The van der Waals surface area contributed by atoms with Crippen molar-refractivity contribution in [1.29, 1.82) is 0 Å². The summed E-state index contributed by atoms with van der Waals surface area (Å²) in [5, 5.41) is 2.29. The average molecular weight is 956 g/mol. The highest BCUT2D eigenvalue weighted by Gasteiger charge is 2.35. The summed E-state index contributed by atoms with van der Waals surface area (Å²) in [6.07, 6.45) is 0. The van der Waals surface area contributed by atoms with E-state index in [9.17, 15) is 33.6 Å². The van der Waals surface area contributed by atoms with Crippen LogP contribution < -0.4 is 10.9 Å². The second-order valence-electron chi connectivity index (χ2n) is 19.6. The van der Waals surface area contributed by atoms with E-state index in [2.05, 4.69) is 0 Å². The number of Topliss-reactive ketones (excluding diaryl/α,β-unsaturated/α-hetero) is 3. The minimum absolute atomic E-state index is 0.00772. The van der Waals surface area contributed by atoms with E-state index in [0.717, 1.165) is 9.40 Å². The smallest absolute Gasteiger partial charge is 0.200 e. The second-order valence-corrected chi connectivity index (χ2v) is 20.7. The van der Waals surface area contributed by atoms with Crippen molar-refractivity contribution >= 4 is 82.4 Å². The molecule has 358 valence electrons. The Balaban J connectivity index is 0.000000155. The normalized spacial score (nSPS) is 12.7. The van der Waals surface area contributed by atoms with Gasteiger partial charge in [-0.1, -0.05) is 54.6 Å². The Hall–Kier alpha value is -7.09. The van der Waals surface area contributed by atoms with E-state index >= 15 is 0 Å². The third-order valence-corrected chi connectivity index (χ3v) is 15.0. The fourth-order valence-corrected chi connectivity index (χ4v) is 8.85. The molecule has 0 saturated heterocycles. The molecule has 1 aliphatic carbocycles. The van der Waals surface area contributed by atoms with E-state index in [1.54, 1.807) is 96.3 Å². The van der Waals surface area contributed by atoms with Crippen molar-refractivity contribution < 1.29 is 28.4 Å². The molecule has 2 aromatic heterocycles. The number of carbonyl (C=O) groups is 5. The lowest BCUT2D eigenvalue weighted by atomic mass is 9.82. The molecule has 0 N–H and O–H groups in total. The van der Waals surface area contributed by atoms with Gasteiger partial charge < -0.3 is 4.42 Å². The fourth-order valence-electron chi connectivity index (χ4n) is 7.80. The van der Waals surface area contributed by atoms with Crippen LogP contribution in [0.1, 0.15) is 104 Å². The minimum Gasteiger partial charge on any atom is -0.456 e. The highest BCUT2D eigenvalue weighted by molar-refractivity contribution is 7.24. The van der Waals surface area contributed by atoms with Crippen LogP contribution in [0, 0.1) is 0 Å². The predicted molar refractivity (Wildman–Crippen MR) is 282 cm³/mol. The highest BCUT2D eigenvalue weighted by atomic mass is 32.1. The maximum Gasteiger partial charge on any atom is 0.200 e. The van der Waals surface area contributed by atoms with Crippen LogP contribution in [0.5, 0.6) is 0 Å². The second kappa shape index (κ2) is 19.4. The molecule has 0 amide bonds. The van der Waals surface area contributed by atoms with Gasteiger partial charge >= 0.3 is 0 Å². The third kappa shape index (κ3) is 9.35. The number of hydrogen-bond donors (Lipinski definition) is 0. The lowest BCUT2D eigenvalue weighted by Gasteiger charge is -2.31. The maximum absolute atomic E-state index is 12.8. The fraction of sp³-hybridized carbons (Fsp3) is 0.259. The number of nitrogens with zero attached hydrogens (tertiary/aromatic N) is 3. The summed E-state index contributed by atoms with van der Waals surface area (Å²) >= 11 is 1.58. The third-order valence-electron chi connectivity index (χ3n) is 13.9. The van der Waals surface area contributed by atoms with Crippen LogP contribution in [0.3, 0.4) is 0 Å². The van der Waals surface area contributed by atoms with Crippen LogP contribution in [0.25, 0.3) is 42.1 Å². The van der Waals surface area contributed by atoms with E-state index in [1.807, 2.05) is 141 Å². The molecular weight excluding hydrogens is 899 g/mol. The van der Waals surface area contributed by atoms with E-state index in [-0.39, 0.29) is 39.8 Å². The van der Waals surface area contributed by atoms with Gasteiger partial charge in [-0.05, 0) is 157 Å². The Morgan fingerprint density at radius 1 is 0.400 bits per heavy atom. The first-order valence-corrected chi connectivity index (χ1v) is 23.6. The lowest BCUT2D eigenvalue weighted by molar-refractivity contribution is 0.0750. The largest absolute Gasteiger partial charge is 0.456 e. The minimum atomic E-state index is -0.701. The van der Waals surface area contributed by atoms with E-state index in [4.69, 9.17) is 4.42 Å². The molecular formula is C58H57N3O8S. The molecule has 8 aromatic rings. The summed E-state index contributed by atoms with van der Waals surface area (Å²) in [5.74, 6) is -0.489.